The van der Waals surface area contributed by atoms with Crippen LogP contribution in [-0.2, 0) is 16.0 Å². The molecule has 0 radical (unpaired) electrons. The molecular weight excluding hydrogens is 234 g/mol. The number of rotatable bonds is 3. The average Bonchev–Trinajstić information content (AvgIpc) is 2.86. The monoisotopic (exact) mass is 251 g/mol. The summed E-state index contributed by atoms with van der Waals surface area (Å²) >= 11 is 0. The van der Waals surface area contributed by atoms with Gasteiger partial charge in [-0.25, -0.2) is 0 Å². The summed E-state index contributed by atoms with van der Waals surface area (Å²) in [6, 6.07) is 0. The van der Waals surface area contributed by atoms with Crippen molar-refractivity contribution in [3.05, 3.63) is 5.82 Å². The largest absolute Gasteiger partial charge is 0.469 e. The number of carbonyl (C=O) groups is 1. The lowest BCUT2D eigenvalue weighted by molar-refractivity contribution is -0.144. The molecule has 0 bridgehead atoms. The molecule has 1 saturated heterocycles. The van der Waals surface area contributed by atoms with Crippen LogP contribution in [0.2, 0.25) is 0 Å². The molecule has 0 saturated carbocycles. The fraction of sp³-hybridized carbons (Fsp3) is 0.636. The number of hydrogen-bond acceptors (Lipinski definition) is 7. The second-order valence-corrected chi connectivity index (χ2v) is 4.22. The molecule has 1 atom stereocenters. The first kappa shape index (κ1) is 12.5. The molecule has 1 aliphatic heterocycles. The van der Waals surface area contributed by atoms with Crippen molar-refractivity contribution in [1.82, 2.24) is 15.0 Å². The van der Waals surface area contributed by atoms with Gasteiger partial charge in [-0.3, -0.25) is 4.79 Å². The van der Waals surface area contributed by atoms with Gasteiger partial charge in [0.15, 0.2) is 0 Å². The van der Waals surface area contributed by atoms with Crippen LogP contribution in [0, 0.1) is 5.92 Å². The van der Waals surface area contributed by atoms with Gasteiger partial charge in [0, 0.05) is 19.5 Å². The van der Waals surface area contributed by atoms with Crippen molar-refractivity contribution in [1.29, 1.82) is 0 Å². The smallest absolute Gasteiger partial charge is 0.310 e. The molecule has 1 aromatic heterocycles. The first-order valence-electron chi connectivity index (χ1n) is 5.97. The summed E-state index contributed by atoms with van der Waals surface area (Å²) < 4.78 is 4.74. The number of methoxy groups -OCH3 is 1. The third-order valence-electron chi connectivity index (χ3n) is 3.01. The fourth-order valence-corrected chi connectivity index (χ4v) is 2.03. The third-order valence-corrected chi connectivity index (χ3v) is 3.01. The van der Waals surface area contributed by atoms with Gasteiger partial charge in [0.25, 0.3) is 0 Å². The molecular formula is C11H17N5O2. The van der Waals surface area contributed by atoms with Gasteiger partial charge in [0.2, 0.25) is 11.9 Å². The maximum Gasteiger partial charge on any atom is 0.310 e. The van der Waals surface area contributed by atoms with Crippen molar-refractivity contribution in [2.45, 2.75) is 19.8 Å². The van der Waals surface area contributed by atoms with Gasteiger partial charge >= 0.3 is 5.97 Å². The molecule has 2 N–H and O–H groups in total. The van der Waals surface area contributed by atoms with E-state index in [2.05, 4.69) is 15.0 Å². The number of esters is 1. The number of aromatic nitrogens is 3. The molecule has 7 nitrogen and oxygen atoms in total. The zero-order valence-corrected chi connectivity index (χ0v) is 10.6. The zero-order valence-electron chi connectivity index (χ0n) is 10.6. The highest BCUT2D eigenvalue weighted by Crippen LogP contribution is 2.22. The van der Waals surface area contributed by atoms with Gasteiger partial charge in [-0.05, 0) is 6.42 Å². The predicted octanol–water partition coefficient (Wildman–Crippen LogP) is 0.0155. The van der Waals surface area contributed by atoms with Crippen LogP contribution in [0.25, 0.3) is 0 Å². The van der Waals surface area contributed by atoms with E-state index in [-0.39, 0.29) is 17.8 Å². The molecule has 0 aromatic carbocycles. The number of nitrogens with zero attached hydrogens (tertiary/aromatic N) is 4. The Morgan fingerprint density at radius 2 is 2.28 bits per heavy atom. The van der Waals surface area contributed by atoms with Gasteiger partial charge in [-0.15, -0.1) is 0 Å². The number of ether oxygens (including phenoxy) is 1. The molecule has 0 amide bonds. The molecule has 2 heterocycles. The van der Waals surface area contributed by atoms with Crippen LogP contribution in [-0.4, -0.2) is 41.1 Å². The number of aryl methyl sites for hydroxylation is 1. The number of nitrogens with two attached hydrogens (primary N) is 1. The summed E-state index contributed by atoms with van der Waals surface area (Å²) in [5.41, 5.74) is 5.64. The molecule has 0 aliphatic carbocycles. The second-order valence-electron chi connectivity index (χ2n) is 4.22. The first-order valence-corrected chi connectivity index (χ1v) is 5.97. The van der Waals surface area contributed by atoms with Crippen LogP contribution < -0.4 is 10.6 Å². The summed E-state index contributed by atoms with van der Waals surface area (Å²) in [5, 5.41) is 0. The summed E-state index contributed by atoms with van der Waals surface area (Å²) in [7, 11) is 1.40. The fourth-order valence-electron chi connectivity index (χ4n) is 2.03. The van der Waals surface area contributed by atoms with E-state index in [1.165, 1.54) is 7.11 Å². The Hall–Kier alpha value is -1.92. The summed E-state index contributed by atoms with van der Waals surface area (Å²) in [4.78, 5) is 25.9. The highest BCUT2D eigenvalue weighted by atomic mass is 16.5. The molecule has 1 fully saturated rings. The Labute approximate surface area is 105 Å². The Kier molecular flexibility index (Phi) is 3.59. The standard InChI is InChI=1S/C11H17N5O2/c1-3-8-13-10(12)15-11(14-8)16-5-4-7(6-16)9(17)18-2/h7H,3-6H2,1-2H3,(H2,12,13,14,15)/t7-/m0/s1. The maximum absolute atomic E-state index is 11.5. The summed E-state index contributed by atoms with van der Waals surface area (Å²) in [6.07, 6.45) is 1.45. The minimum Gasteiger partial charge on any atom is -0.469 e. The minimum absolute atomic E-state index is 0.113. The van der Waals surface area contributed by atoms with Gasteiger partial charge in [0.05, 0.1) is 13.0 Å². The van der Waals surface area contributed by atoms with Crippen molar-refractivity contribution in [2.75, 3.05) is 30.8 Å². The molecule has 7 heteroatoms. The van der Waals surface area contributed by atoms with Gasteiger partial charge in [-0.1, -0.05) is 6.92 Å². The van der Waals surface area contributed by atoms with Crippen molar-refractivity contribution >= 4 is 17.9 Å². The highest BCUT2D eigenvalue weighted by Gasteiger charge is 2.30. The van der Waals surface area contributed by atoms with E-state index in [0.29, 0.717) is 24.7 Å². The lowest BCUT2D eigenvalue weighted by Gasteiger charge is -2.16. The van der Waals surface area contributed by atoms with E-state index >= 15 is 0 Å². The average molecular weight is 251 g/mol. The summed E-state index contributed by atoms with van der Waals surface area (Å²) in [5.74, 6) is 1.14. The van der Waals surface area contributed by atoms with E-state index in [9.17, 15) is 4.79 Å². The zero-order chi connectivity index (χ0) is 13.1. The number of nitrogen functional groups attached to an aromatic ring is 1. The third kappa shape index (κ3) is 2.49. The molecule has 0 unspecified atom stereocenters. The summed E-state index contributed by atoms with van der Waals surface area (Å²) in [6.45, 7) is 3.26. The number of hydrogen-bond donors (Lipinski definition) is 1. The Morgan fingerprint density at radius 3 is 2.94 bits per heavy atom. The van der Waals surface area contributed by atoms with Crippen molar-refractivity contribution in [3.8, 4) is 0 Å². The lowest BCUT2D eigenvalue weighted by Crippen LogP contribution is -2.26. The minimum atomic E-state index is -0.185. The van der Waals surface area contributed by atoms with E-state index in [1.54, 1.807) is 0 Å². The van der Waals surface area contributed by atoms with Gasteiger partial charge in [0.1, 0.15) is 5.82 Å². The van der Waals surface area contributed by atoms with Gasteiger partial charge in [-0.2, -0.15) is 15.0 Å². The van der Waals surface area contributed by atoms with Crippen LogP contribution in [0.5, 0.6) is 0 Å². The number of carbonyl (C=O) groups excluding carboxylic acids is 1. The van der Waals surface area contributed by atoms with Gasteiger partial charge < -0.3 is 15.4 Å². The molecule has 1 aromatic rings. The second kappa shape index (κ2) is 5.16. The van der Waals surface area contributed by atoms with Crippen molar-refractivity contribution in [3.63, 3.8) is 0 Å². The lowest BCUT2D eigenvalue weighted by atomic mass is 10.1. The van der Waals surface area contributed by atoms with Crippen molar-refractivity contribution in [2.24, 2.45) is 5.92 Å². The molecule has 18 heavy (non-hydrogen) atoms. The quantitative estimate of drug-likeness (QED) is 0.756. The highest BCUT2D eigenvalue weighted by molar-refractivity contribution is 5.73. The van der Waals surface area contributed by atoms with E-state index < -0.39 is 0 Å². The molecule has 2 rings (SSSR count). The molecule has 98 valence electrons. The van der Waals surface area contributed by atoms with Crippen LogP contribution >= 0.6 is 0 Å². The normalized spacial score (nSPS) is 19.0. The van der Waals surface area contributed by atoms with Crippen LogP contribution in [0.4, 0.5) is 11.9 Å². The van der Waals surface area contributed by atoms with E-state index in [4.69, 9.17) is 10.5 Å². The SMILES string of the molecule is CCc1nc(N)nc(N2CC[C@H](C(=O)OC)C2)n1. The Balaban J connectivity index is 2.14. The van der Waals surface area contributed by atoms with E-state index in [1.807, 2.05) is 11.8 Å². The van der Waals surface area contributed by atoms with Crippen molar-refractivity contribution < 1.29 is 9.53 Å². The van der Waals surface area contributed by atoms with Crippen LogP contribution in [0.15, 0.2) is 0 Å². The van der Waals surface area contributed by atoms with E-state index in [0.717, 1.165) is 13.0 Å². The molecule has 1 aliphatic rings. The maximum atomic E-state index is 11.5. The Morgan fingerprint density at radius 1 is 1.50 bits per heavy atom. The Bertz CT molecular complexity index is 451. The van der Waals surface area contributed by atoms with Crippen LogP contribution in [0.3, 0.4) is 0 Å². The molecule has 0 spiro atoms. The first-order chi connectivity index (χ1) is 8.63. The topological polar surface area (TPSA) is 94.2 Å². The predicted molar refractivity (Wildman–Crippen MR) is 66.0 cm³/mol. The van der Waals surface area contributed by atoms with Crippen LogP contribution in [0.1, 0.15) is 19.2 Å². The number of anilines is 2.